The Kier molecular flexibility index (Phi) is 8.55. The van der Waals surface area contributed by atoms with Crippen LogP contribution in [-0.2, 0) is 14.3 Å². The largest absolute Gasteiger partial charge is 0.456 e. The molecule has 160 valence electrons. The first-order chi connectivity index (χ1) is 15.2. The average Bonchev–Trinajstić information content (AvgIpc) is 2.82. The number of anilines is 1. The summed E-state index contributed by atoms with van der Waals surface area (Å²) in [4.78, 5) is 31.9. The van der Waals surface area contributed by atoms with Crippen molar-refractivity contribution in [3.8, 4) is 0 Å². The SMILES string of the molecule is O=C(COC(=O)CCNc1ncccn1)NCCC(c1ccccc1)c1ccccc1. The summed E-state index contributed by atoms with van der Waals surface area (Å²) >= 11 is 0. The summed E-state index contributed by atoms with van der Waals surface area (Å²) in [6.07, 6.45) is 4.08. The topological polar surface area (TPSA) is 93.2 Å². The predicted molar refractivity (Wildman–Crippen MR) is 118 cm³/mol. The number of carbonyl (C=O) groups is 2. The van der Waals surface area contributed by atoms with Crippen LogP contribution in [0.3, 0.4) is 0 Å². The first kappa shape index (κ1) is 22.0. The second-order valence-corrected chi connectivity index (χ2v) is 6.92. The van der Waals surface area contributed by atoms with E-state index < -0.39 is 5.97 Å². The minimum absolute atomic E-state index is 0.121. The van der Waals surface area contributed by atoms with Crippen LogP contribution in [-0.4, -0.2) is 41.5 Å². The van der Waals surface area contributed by atoms with E-state index in [9.17, 15) is 9.59 Å². The highest BCUT2D eigenvalue weighted by molar-refractivity contribution is 5.80. The molecule has 0 fully saturated rings. The van der Waals surface area contributed by atoms with E-state index >= 15 is 0 Å². The van der Waals surface area contributed by atoms with Crippen molar-refractivity contribution in [2.45, 2.75) is 18.8 Å². The highest BCUT2D eigenvalue weighted by Gasteiger charge is 2.14. The molecule has 0 spiro atoms. The third kappa shape index (κ3) is 7.54. The second-order valence-electron chi connectivity index (χ2n) is 6.92. The van der Waals surface area contributed by atoms with Crippen LogP contribution in [0.1, 0.15) is 29.9 Å². The first-order valence-corrected chi connectivity index (χ1v) is 10.3. The Morgan fingerprint density at radius 1 is 0.839 bits per heavy atom. The number of hydrogen-bond donors (Lipinski definition) is 2. The Morgan fingerprint density at radius 3 is 2.06 bits per heavy atom. The molecular weight excluding hydrogens is 392 g/mol. The molecule has 0 unspecified atom stereocenters. The molecule has 0 bridgehead atoms. The van der Waals surface area contributed by atoms with Gasteiger partial charge >= 0.3 is 5.97 Å². The van der Waals surface area contributed by atoms with Gasteiger partial charge in [0, 0.05) is 31.4 Å². The lowest BCUT2D eigenvalue weighted by atomic mass is 9.88. The molecule has 2 N–H and O–H groups in total. The van der Waals surface area contributed by atoms with Crippen molar-refractivity contribution in [1.29, 1.82) is 0 Å². The molecule has 0 saturated carbocycles. The first-order valence-electron chi connectivity index (χ1n) is 10.3. The lowest BCUT2D eigenvalue weighted by Gasteiger charge is -2.18. The number of benzene rings is 2. The van der Waals surface area contributed by atoms with Crippen LogP contribution in [0.15, 0.2) is 79.1 Å². The van der Waals surface area contributed by atoms with Gasteiger partial charge in [0.2, 0.25) is 5.95 Å². The van der Waals surface area contributed by atoms with Gasteiger partial charge in [0.05, 0.1) is 6.42 Å². The van der Waals surface area contributed by atoms with Crippen molar-refractivity contribution >= 4 is 17.8 Å². The van der Waals surface area contributed by atoms with Crippen LogP contribution >= 0.6 is 0 Å². The molecule has 3 rings (SSSR count). The lowest BCUT2D eigenvalue weighted by molar-refractivity contribution is -0.148. The molecule has 1 amide bonds. The van der Waals surface area contributed by atoms with Crippen LogP contribution in [0.25, 0.3) is 0 Å². The zero-order valence-corrected chi connectivity index (χ0v) is 17.2. The quantitative estimate of drug-likeness (QED) is 0.465. The molecule has 0 aliphatic heterocycles. The molecule has 1 heterocycles. The van der Waals surface area contributed by atoms with Gasteiger partial charge in [-0.3, -0.25) is 9.59 Å². The van der Waals surface area contributed by atoms with Crippen molar-refractivity contribution in [3.05, 3.63) is 90.3 Å². The van der Waals surface area contributed by atoms with Crippen molar-refractivity contribution in [2.75, 3.05) is 25.0 Å². The van der Waals surface area contributed by atoms with Gasteiger partial charge in [0.25, 0.3) is 5.91 Å². The van der Waals surface area contributed by atoms with Gasteiger partial charge in [-0.25, -0.2) is 9.97 Å². The highest BCUT2D eigenvalue weighted by atomic mass is 16.5. The number of amides is 1. The number of aromatic nitrogens is 2. The third-order valence-corrected chi connectivity index (χ3v) is 4.70. The molecule has 0 aliphatic carbocycles. The van der Waals surface area contributed by atoms with Gasteiger partial charge in [0.1, 0.15) is 0 Å². The summed E-state index contributed by atoms with van der Waals surface area (Å²) in [5.74, 6) is -0.145. The fraction of sp³-hybridized carbons (Fsp3) is 0.250. The van der Waals surface area contributed by atoms with E-state index in [1.165, 1.54) is 11.1 Å². The summed E-state index contributed by atoms with van der Waals surface area (Å²) in [5.41, 5.74) is 2.40. The fourth-order valence-corrected chi connectivity index (χ4v) is 3.19. The van der Waals surface area contributed by atoms with E-state index in [0.29, 0.717) is 19.0 Å². The van der Waals surface area contributed by atoms with Crippen LogP contribution in [0.2, 0.25) is 0 Å². The van der Waals surface area contributed by atoms with E-state index in [0.717, 1.165) is 6.42 Å². The molecule has 3 aromatic rings. The molecule has 7 heteroatoms. The van der Waals surface area contributed by atoms with Gasteiger partial charge in [-0.05, 0) is 23.6 Å². The van der Waals surface area contributed by atoms with Gasteiger partial charge in [-0.15, -0.1) is 0 Å². The summed E-state index contributed by atoms with van der Waals surface area (Å²) < 4.78 is 5.04. The number of nitrogens with zero attached hydrogens (tertiary/aromatic N) is 2. The zero-order valence-electron chi connectivity index (χ0n) is 17.2. The number of nitrogens with one attached hydrogen (secondary N) is 2. The molecule has 0 atom stereocenters. The second kappa shape index (κ2) is 12.1. The van der Waals surface area contributed by atoms with E-state index in [1.807, 2.05) is 36.4 Å². The maximum Gasteiger partial charge on any atom is 0.308 e. The van der Waals surface area contributed by atoms with Gasteiger partial charge < -0.3 is 15.4 Å². The Hall–Kier alpha value is -3.74. The standard InChI is InChI=1S/C24H26N4O3/c29-22(18-31-23(30)13-17-28-24-26-14-7-15-27-24)25-16-12-21(19-8-3-1-4-9-19)20-10-5-2-6-11-20/h1-11,14-15,21H,12-13,16-18H2,(H,25,29)(H,26,27,28). The molecule has 31 heavy (non-hydrogen) atoms. The van der Waals surface area contributed by atoms with E-state index in [-0.39, 0.29) is 24.9 Å². The smallest absolute Gasteiger partial charge is 0.308 e. The number of rotatable bonds is 11. The van der Waals surface area contributed by atoms with Crippen LogP contribution in [0.4, 0.5) is 5.95 Å². The average molecular weight is 418 g/mol. The molecule has 0 radical (unpaired) electrons. The van der Waals surface area contributed by atoms with Crippen molar-refractivity contribution in [2.24, 2.45) is 0 Å². The summed E-state index contributed by atoms with van der Waals surface area (Å²) in [6, 6.07) is 22.1. The predicted octanol–water partition coefficient (Wildman–Crippen LogP) is 3.16. The molecular formula is C24H26N4O3. The minimum atomic E-state index is -0.454. The van der Waals surface area contributed by atoms with Crippen LogP contribution in [0.5, 0.6) is 0 Å². The Labute approximate surface area is 181 Å². The maximum atomic E-state index is 12.1. The van der Waals surface area contributed by atoms with Gasteiger partial charge in [0.15, 0.2) is 6.61 Å². The summed E-state index contributed by atoms with van der Waals surface area (Å²) in [7, 11) is 0. The van der Waals surface area contributed by atoms with Crippen molar-refractivity contribution < 1.29 is 14.3 Å². The van der Waals surface area contributed by atoms with Crippen molar-refractivity contribution in [3.63, 3.8) is 0 Å². The van der Waals surface area contributed by atoms with Crippen LogP contribution in [0, 0.1) is 0 Å². The lowest BCUT2D eigenvalue weighted by Crippen LogP contribution is -2.30. The maximum absolute atomic E-state index is 12.1. The van der Waals surface area contributed by atoms with Gasteiger partial charge in [-0.1, -0.05) is 60.7 Å². The molecule has 0 aliphatic rings. The van der Waals surface area contributed by atoms with E-state index in [4.69, 9.17) is 4.74 Å². The Morgan fingerprint density at radius 2 is 1.45 bits per heavy atom. The highest BCUT2D eigenvalue weighted by Crippen LogP contribution is 2.27. The summed E-state index contributed by atoms with van der Waals surface area (Å²) in [6.45, 7) is 0.528. The minimum Gasteiger partial charge on any atom is -0.456 e. The molecule has 0 saturated heterocycles. The third-order valence-electron chi connectivity index (χ3n) is 4.70. The van der Waals surface area contributed by atoms with Crippen molar-refractivity contribution in [1.82, 2.24) is 15.3 Å². The fourth-order valence-electron chi connectivity index (χ4n) is 3.19. The summed E-state index contributed by atoms with van der Waals surface area (Å²) in [5, 5.41) is 5.76. The Balaban J connectivity index is 1.38. The normalized spacial score (nSPS) is 10.5. The zero-order chi connectivity index (χ0) is 21.7. The number of carbonyl (C=O) groups excluding carboxylic acids is 2. The molecule has 1 aromatic heterocycles. The monoisotopic (exact) mass is 418 g/mol. The van der Waals surface area contributed by atoms with Crippen LogP contribution < -0.4 is 10.6 Å². The van der Waals surface area contributed by atoms with E-state index in [1.54, 1.807) is 18.5 Å². The number of hydrogen-bond acceptors (Lipinski definition) is 6. The van der Waals surface area contributed by atoms with Gasteiger partial charge in [-0.2, -0.15) is 0 Å². The number of esters is 1. The molecule has 2 aromatic carbocycles. The molecule has 7 nitrogen and oxygen atoms in total. The number of ether oxygens (including phenoxy) is 1. The Bertz CT molecular complexity index is 897. The van der Waals surface area contributed by atoms with E-state index in [2.05, 4.69) is 44.9 Å².